The number of amides is 1. The lowest BCUT2D eigenvalue weighted by molar-refractivity contribution is 0.0948. The average molecular weight is 322 g/mol. The van der Waals surface area contributed by atoms with Crippen LogP contribution in [0.2, 0.25) is 0 Å². The largest absolute Gasteiger partial charge is 0.454 e. The van der Waals surface area contributed by atoms with Crippen molar-refractivity contribution in [3.63, 3.8) is 0 Å². The number of nitrogens with one attached hydrogen (secondary N) is 1. The lowest BCUT2D eigenvalue weighted by Crippen LogP contribution is -2.20. The van der Waals surface area contributed by atoms with Crippen molar-refractivity contribution in [2.45, 2.75) is 6.92 Å². The minimum absolute atomic E-state index is 0.222. The summed E-state index contributed by atoms with van der Waals surface area (Å²) in [6.07, 6.45) is 3.35. The van der Waals surface area contributed by atoms with Gasteiger partial charge < -0.3 is 9.47 Å². The number of carbonyl (C=O) groups excluding carboxylic acids is 1. The van der Waals surface area contributed by atoms with Crippen LogP contribution in [0, 0.1) is 6.92 Å². The van der Waals surface area contributed by atoms with Gasteiger partial charge in [-0.2, -0.15) is 5.10 Å². The number of imidazole rings is 1. The Balaban J connectivity index is 1.53. The highest BCUT2D eigenvalue weighted by Crippen LogP contribution is 2.31. The van der Waals surface area contributed by atoms with Crippen LogP contribution in [0.25, 0.3) is 5.65 Å². The first-order valence-electron chi connectivity index (χ1n) is 7.39. The first-order valence-corrected chi connectivity index (χ1v) is 7.39. The van der Waals surface area contributed by atoms with Gasteiger partial charge >= 0.3 is 0 Å². The number of hydrogen-bond donors (Lipinski definition) is 1. The zero-order valence-electron chi connectivity index (χ0n) is 12.9. The number of benzene rings is 1. The molecule has 1 N–H and O–H groups in total. The molecule has 0 spiro atoms. The fourth-order valence-corrected chi connectivity index (χ4v) is 2.60. The molecule has 3 aromatic rings. The summed E-state index contributed by atoms with van der Waals surface area (Å²) < 4.78 is 12.3. The molecule has 7 nitrogen and oxygen atoms in total. The molecule has 0 saturated heterocycles. The van der Waals surface area contributed by atoms with E-state index in [0.29, 0.717) is 22.9 Å². The molecule has 3 heterocycles. The Morgan fingerprint density at radius 3 is 3.08 bits per heavy atom. The second-order valence-corrected chi connectivity index (χ2v) is 5.29. The molecule has 4 rings (SSSR count). The molecule has 1 aliphatic heterocycles. The van der Waals surface area contributed by atoms with Crippen molar-refractivity contribution >= 4 is 17.8 Å². The highest BCUT2D eigenvalue weighted by molar-refractivity contribution is 5.95. The summed E-state index contributed by atoms with van der Waals surface area (Å²) in [6.45, 7) is 2.02. The van der Waals surface area contributed by atoms with Crippen LogP contribution >= 0.6 is 0 Å². The second kappa shape index (κ2) is 5.69. The van der Waals surface area contributed by atoms with Gasteiger partial charge in [0.2, 0.25) is 6.79 Å². The van der Waals surface area contributed by atoms with Gasteiger partial charge in [0.25, 0.3) is 5.91 Å². The highest BCUT2D eigenvalue weighted by atomic mass is 16.7. The summed E-state index contributed by atoms with van der Waals surface area (Å²) in [6, 6.07) is 11.0. The van der Waals surface area contributed by atoms with Gasteiger partial charge in [0.05, 0.1) is 11.9 Å². The van der Waals surface area contributed by atoms with Crippen molar-refractivity contribution in [3.05, 3.63) is 59.5 Å². The van der Waals surface area contributed by atoms with E-state index < -0.39 is 0 Å². The molecule has 1 aromatic carbocycles. The number of fused-ring (bicyclic) bond motifs is 2. The van der Waals surface area contributed by atoms with Gasteiger partial charge in [-0.1, -0.05) is 6.07 Å². The van der Waals surface area contributed by atoms with Gasteiger partial charge in [0, 0.05) is 6.20 Å². The zero-order chi connectivity index (χ0) is 16.5. The second-order valence-electron chi connectivity index (χ2n) is 5.29. The predicted molar refractivity (Wildman–Crippen MR) is 87.6 cm³/mol. The summed E-state index contributed by atoms with van der Waals surface area (Å²) in [4.78, 5) is 16.7. The van der Waals surface area contributed by atoms with Crippen molar-refractivity contribution in [2.75, 3.05) is 6.79 Å². The normalized spacial score (nSPS) is 12.9. The fraction of sp³-hybridized carbons (Fsp3) is 0.118. The van der Waals surface area contributed by atoms with E-state index in [9.17, 15) is 4.79 Å². The van der Waals surface area contributed by atoms with E-state index >= 15 is 0 Å². The molecule has 24 heavy (non-hydrogen) atoms. The highest BCUT2D eigenvalue weighted by Gasteiger charge is 2.16. The molecule has 1 aliphatic rings. The molecule has 0 fully saturated rings. The van der Waals surface area contributed by atoms with E-state index in [1.165, 1.54) is 0 Å². The number of rotatable bonds is 3. The van der Waals surface area contributed by atoms with Gasteiger partial charge in [-0.15, -0.1) is 0 Å². The first-order chi connectivity index (χ1) is 11.7. The number of hydrogen-bond acceptors (Lipinski definition) is 5. The van der Waals surface area contributed by atoms with E-state index in [4.69, 9.17) is 9.47 Å². The van der Waals surface area contributed by atoms with Gasteiger partial charge in [-0.25, -0.2) is 10.4 Å². The zero-order valence-corrected chi connectivity index (χ0v) is 12.9. The molecule has 7 heteroatoms. The molecular formula is C17H14N4O3. The van der Waals surface area contributed by atoms with Gasteiger partial charge in [-0.05, 0) is 42.8 Å². The molecule has 0 aliphatic carbocycles. The van der Waals surface area contributed by atoms with Gasteiger partial charge in [0.15, 0.2) is 11.5 Å². The van der Waals surface area contributed by atoms with E-state index in [0.717, 1.165) is 11.2 Å². The SMILES string of the molecule is Cc1nc2ccccn2c1C(=O)N/N=C\c1ccc2c(c1)OCO2. The standard InChI is InChI=1S/C17H14N4O3/c1-11-16(21-7-3-2-4-15(21)19-11)17(22)20-18-9-12-5-6-13-14(8-12)24-10-23-13/h2-9H,10H2,1H3,(H,20,22)/b18-9-. The van der Waals surface area contributed by atoms with Crippen LogP contribution in [-0.2, 0) is 0 Å². The molecular weight excluding hydrogens is 308 g/mol. The van der Waals surface area contributed by atoms with Gasteiger partial charge in [0.1, 0.15) is 11.3 Å². The van der Waals surface area contributed by atoms with E-state index in [-0.39, 0.29) is 12.7 Å². The number of hydrazone groups is 1. The van der Waals surface area contributed by atoms with Crippen molar-refractivity contribution in [3.8, 4) is 11.5 Å². The van der Waals surface area contributed by atoms with Crippen molar-refractivity contribution < 1.29 is 14.3 Å². The number of carbonyl (C=O) groups is 1. The van der Waals surface area contributed by atoms with Crippen LogP contribution < -0.4 is 14.9 Å². The van der Waals surface area contributed by atoms with Crippen LogP contribution in [0.4, 0.5) is 0 Å². The fourth-order valence-electron chi connectivity index (χ4n) is 2.60. The molecule has 0 bridgehead atoms. The van der Waals surface area contributed by atoms with Crippen LogP contribution in [0.5, 0.6) is 11.5 Å². The van der Waals surface area contributed by atoms with E-state index in [1.54, 1.807) is 35.9 Å². The van der Waals surface area contributed by atoms with Crippen LogP contribution in [0.3, 0.4) is 0 Å². The summed E-state index contributed by atoms with van der Waals surface area (Å²) in [5.41, 5.74) is 5.17. The number of ether oxygens (including phenoxy) is 2. The summed E-state index contributed by atoms with van der Waals surface area (Å²) in [7, 11) is 0. The van der Waals surface area contributed by atoms with E-state index in [1.807, 2.05) is 24.3 Å². The monoisotopic (exact) mass is 322 g/mol. The Labute approximate surface area is 137 Å². The van der Waals surface area contributed by atoms with E-state index in [2.05, 4.69) is 15.5 Å². The maximum absolute atomic E-state index is 12.4. The molecule has 120 valence electrons. The first kappa shape index (κ1) is 14.3. The van der Waals surface area contributed by atoms with Crippen LogP contribution in [0.1, 0.15) is 21.7 Å². The molecule has 0 radical (unpaired) electrons. The van der Waals surface area contributed by atoms with Gasteiger partial charge in [-0.3, -0.25) is 9.20 Å². The van der Waals surface area contributed by atoms with Crippen molar-refractivity contribution in [2.24, 2.45) is 5.10 Å². The summed E-state index contributed by atoms with van der Waals surface area (Å²) >= 11 is 0. The number of aromatic nitrogens is 2. The van der Waals surface area contributed by atoms with Crippen molar-refractivity contribution in [1.29, 1.82) is 0 Å². The Morgan fingerprint density at radius 1 is 1.29 bits per heavy atom. The maximum Gasteiger partial charge on any atom is 0.290 e. The molecule has 0 unspecified atom stereocenters. The lowest BCUT2D eigenvalue weighted by atomic mass is 10.2. The third-order valence-corrected chi connectivity index (χ3v) is 3.70. The number of nitrogens with zero attached hydrogens (tertiary/aromatic N) is 3. The maximum atomic E-state index is 12.4. The quantitative estimate of drug-likeness (QED) is 0.592. The molecule has 0 saturated carbocycles. The average Bonchev–Trinajstić information content (AvgIpc) is 3.17. The topological polar surface area (TPSA) is 77.2 Å². The van der Waals surface area contributed by atoms with Crippen molar-refractivity contribution in [1.82, 2.24) is 14.8 Å². The Bertz CT molecular complexity index is 962. The third kappa shape index (κ3) is 2.45. The minimum Gasteiger partial charge on any atom is -0.454 e. The molecule has 1 amide bonds. The minimum atomic E-state index is -0.316. The Kier molecular flexibility index (Phi) is 3.38. The van der Waals surface area contributed by atoms with Crippen LogP contribution in [-0.4, -0.2) is 28.3 Å². The molecule has 2 aromatic heterocycles. The number of aryl methyl sites for hydroxylation is 1. The Hall–Kier alpha value is -3.35. The number of pyridine rings is 1. The Morgan fingerprint density at radius 2 is 2.17 bits per heavy atom. The molecule has 0 atom stereocenters. The predicted octanol–water partition coefficient (Wildman–Crippen LogP) is 2.14. The van der Waals surface area contributed by atoms with Crippen LogP contribution in [0.15, 0.2) is 47.7 Å². The smallest absolute Gasteiger partial charge is 0.290 e. The lowest BCUT2D eigenvalue weighted by Gasteiger charge is -2.01. The third-order valence-electron chi connectivity index (χ3n) is 3.70. The summed E-state index contributed by atoms with van der Waals surface area (Å²) in [5.74, 6) is 1.06. The summed E-state index contributed by atoms with van der Waals surface area (Å²) in [5, 5.41) is 4.01.